The molecule has 2 N–H and O–H groups in total. The number of aromatic nitrogens is 2. The maximum atomic E-state index is 6.02. The summed E-state index contributed by atoms with van der Waals surface area (Å²) >= 11 is 7.51. The smallest absolute Gasteiger partial charge is 0.144 e. The minimum Gasteiger partial charge on any atom is -0.494 e. The molecular formula is C18H16ClN3OS. The molecule has 0 amide bonds. The fraction of sp³-hybridized carbons (Fsp3) is 0.167. The third-order valence-electron chi connectivity index (χ3n) is 4.01. The highest BCUT2D eigenvalue weighted by atomic mass is 35.5. The number of aryl methyl sites for hydroxylation is 2. The lowest BCUT2D eigenvalue weighted by Crippen LogP contribution is -2.12. The molecular weight excluding hydrogens is 342 g/mol. The highest BCUT2D eigenvalue weighted by molar-refractivity contribution is 7.13. The Hall–Kier alpha value is -2.24. The Balaban J connectivity index is 1.90. The van der Waals surface area contributed by atoms with Crippen LogP contribution in [0.15, 0.2) is 23.2 Å². The molecule has 0 saturated heterocycles. The molecule has 0 fully saturated rings. The molecule has 1 aliphatic heterocycles. The summed E-state index contributed by atoms with van der Waals surface area (Å²) in [5.41, 5.74) is 4.30. The van der Waals surface area contributed by atoms with E-state index in [2.05, 4.69) is 34.0 Å². The number of hydrogen-bond donors (Lipinski definition) is 2. The van der Waals surface area contributed by atoms with Crippen LogP contribution in [-0.2, 0) is 0 Å². The zero-order valence-electron chi connectivity index (χ0n) is 13.5. The van der Waals surface area contributed by atoms with Crippen molar-refractivity contribution in [1.82, 2.24) is 9.97 Å². The number of rotatable bonds is 2. The Morgan fingerprint density at radius 1 is 1.21 bits per heavy atom. The van der Waals surface area contributed by atoms with Gasteiger partial charge >= 0.3 is 0 Å². The molecule has 0 spiro atoms. The van der Waals surface area contributed by atoms with Gasteiger partial charge in [-0.05, 0) is 43.7 Å². The molecule has 0 bridgehead atoms. The number of aromatic amines is 2. The van der Waals surface area contributed by atoms with Gasteiger partial charge in [0.1, 0.15) is 10.4 Å². The molecule has 4 heterocycles. The first kappa shape index (κ1) is 15.3. The number of fused-ring (bicyclic) bond motifs is 1. The molecule has 0 radical (unpaired) electrons. The number of halogens is 1. The van der Waals surface area contributed by atoms with E-state index in [9.17, 15) is 0 Å². The second-order valence-electron chi connectivity index (χ2n) is 5.81. The molecule has 24 heavy (non-hydrogen) atoms. The summed E-state index contributed by atoms with van der Waals surface area (Å²) in [5.74, 6) is 0.793. The maximum Gasteiger partial charge on any atom is 0.144 e. The first-order valence-corrected chi connectivity index (χ1v) is 8.74. The number of H-pyrrole nitrogens is 2. The van der Waals surface area contributed by atoms with Gasteiger partial charge in [-0.1, -0.05) is 11.6 Å². The summed E-state index contributed by atoms with van der Waals surface area (Å²) < 4.78 is 7.23. The van der Waals surface area contributed by atoms with Crippen molar-refractivity contribution >= 4 is 40.8 Å². The topological polar surface area (TPSA) is 53.2 Å². The Kier molecular flexibility index (Phi) is 3.62. The van der Waals surface area contributed by atoms with Crippen LogP contribution in [0.2, 0.25) is 4.34 Å². The van der Waals surface area contributed by atoms with Gasteiger partial charge in [0.2, 0.25) is 0 Å². The summed E-state index contributed by atoms with van der Waals surface area (Å²) in [7, 11) is 1.67. The van der Waals surface area contributed by atoms with Crippen molar-refractivity contribution in [2.45, 2.75) is 13.8 Å². The van der Waals surface area contributed by atoms with Gasteiger partial charge in [0.25, 0.3) is 0 Å². The van der Waals surface area contributed by atoms with Gasteiger partial charge in [-0.15, -0.1) is 11.3 Å². The van der Waals surface area contributed by atoms with Crippen LogP contribution in [0.5, 0.6) is 5.75 Å². The van der Waals surface area contributed by atoms with Crippen LogP contribution in [0, 0.1) is 13.8 Å². The van der Waals surface area contributed by atoms with Gasteiger partial charge in [0.15, 0.2) is 0 Å². The number of methoxy groups -OCH3 is 1. The predicted octanol–water partition coefficient (Wildman–Crippen LogP) is 1.73. The number of nitrogens with one attached hydrogen (secondary N) is 2. The van der Waals surface area contributed by atoms with Crippen molar-refractivity contribution < 1.29 is 4.74 Å². The van der Waals surface area contributed by atoms with E-state index in [-0.39, 0.29) is 0 Å². The quantitative estimate of drug-likeness (QED) is 0.721. The molecule has 122 valence electrons. The first-order chi connectivity index (χ1) is 11.5. The van der Waals surface area contributed by atoms with Crippen LogP contribution in [0.25, 0.3) is 17.8 Å². The van der Waals surface area contributed by atoms with Gasteiger partial charge in [0.05, 0.1) is 27.8 Å². The van der Waals surface area contributed by atoms with E-state index in [4.69, 9.17) is 16.3 Å². The molecule has 0 aliphatic carbocycles. The van der Waals surface area contributed by atoms with E-state index >= 15 is 0 Å². The van der Waals surface area contributed by atoms with E-state index in [1.54, 1.807) is 7.11 Å². The van der Waals surface area contributed by atoms with Gasteiger partial charge in [-0.3, -0.25) is 0 Å². The standard InChI is InChI=1S/C18H16ClN3OS/c1-9-4-10(2)20-12(9)7-15-16(23-3)8-14(21-15)13-5-11-6-17(19)24-18(11)22-13/h4-8,20-21H,1-3H3. The zero-order valence-corrected chi connectivity index (χ0v) is 15.1. The van der Waals surface area contributed by atoms with Gasteiger partial charge < -0.3 is 14.7 Å². The Morgan fingerprint density at radius 3 is 2.71 bits per heavy atom. The van der Waals surface area contributed by atoms with Crippen LogP contribution in [0.1, 0.15) is 17.0 Å². The normalized spacial score (nSPS) is 16.1. The van der Waals surface area contributed by atoms with E-state index in [0.29, 0.717) is 0 Å². The van der Waals surface area contributed by atoms with Gasteiger partial charge in [-0.25, -0.2) is 4.99 Å². The van der Waals surface area contributed by atoms with Crippen LogP contribution in [-0.4, -0.2) is 17.1 Å². The maximum absolute atomic E-state index is 6.02. The second kappa shape index (κ2) is 5.69. The average Bonchev–Trinajstić information content (AvgIpc) is 3.23. The summed E-state index contributed by atoms with van der Waals surface area (Å²) in [5, 5.41) is 2.91. The number of nitrogens with zero attached hydrogens (tertiary/aromatic N) is 1. The molecule has 4 rings (SSSR count). The molecule has 0 atom stereocenters. The summed E-state index contributed by atoms with van der Waals surface area (Å²) in [4.78, 5) is 11.4. The predicted molar refractivity (Wildman–Crippen MR) is 98.4 cm³/mol. The second-order valence-corrected chi connectivity index (χ2v) is 7.47. The van der Waals surface area contributed by atoms with Crippen LogP contribution in [0.3, 0.4) is 0 Å². The van der Waals surface area contributed by atoms with Crippen molar-refractivity contribution in [3.8, 4) is 5.75 Å². The lowest BCUT2D eigenvalue weighted by molar-refractivity contribution is 0.412. The van der Waals surface area contributed by atoms with Crippen molar-refractivity contribution in [2.75, 3.05) is 7.11 Å². The molecule has 6 heteroatoms. The third-order valence-corrected chi connectivity index (χ3v) is 5.18. The monoisotopic (exact) mass is 357 g/mol. The Bertz CT molecular complexity index is 1140. The summed E-state index contributed by atoms with van der Waals surface area (Å²) in [6, 6.07) is 6.04. The first-order valence-electron chi connectivity index (χ1n) is 7.54. The highest BCUT2D eigenvalue weighted by Crippen LogP contribution is 2.13. The fourth-order valence-corrected chi connectivity index (χ4v) is 3.98. The minimum atomic E-state index is 0.759. The largest absolute Gasteiger partial charge is 0.494 e. The summed E-state index contributed by atoms with van der Waals surface area (Å²) in [6.45, 7) is 4.13. The molecule has 3 aromatic rings. The third kappa shape index (κ3) is 2.60. The Morgan fingerprint density at radius 2 is 2.04 bits per heavy atom. The molecule has 1 aliphatic rings. The van der Waals surface area contributed by atoms with Crippen LogP contribution < -0.4 is 25.3 Å². The zero-order chi connectivity index (χ0) is 16.8. The average molecular weight is 358 g/mol. The number of ether oxygens (including phenoxy) is 1. The van der Waals surface area contributed by atoms with E-state index in [0.717, 1.165) is 47.8 Å². The molecule has 0 aromatic carbocycles. The molecule has 4 nitrogen and oxygen atoms in total. The molecule has 0 unspecified atom stereocenters. The minimum absolute atomic E-state index is 0.759. The van der Waals surface area contributed by atoms with Crippen molar-refractivity contribution in [2.24, 2.45) is 4.99 Å². The van der Waals surface area contributed by atoms with Crippen molar-refractivity contribution in [1.29, 1.82) is 0 Å². The lowest BCUT2D eigenvalue weighted by atomic mass is 10.2. The van der Waals surface area contributed by atoms with E-state index in [1.165, 1.54) is 16.9 Å². The van der Waals surface area contributed by atoms with Crippen LogP contribution >= 0.6 is 22.9 Å². The molecule has 0 saturated carbocycles. The van der Waals surface area contributed by atoms with Crippen molar-refractivity contribution in [3.63, 3.8) is 0 Å². The number of thiophene rings is 1. The number of hydrogen-bond acceptors (Lipinski definition) is 3. The summed E-state index contributed by atoms with van der Waals surface area (Å²) in [6.07, 6.45) is 4.10. The van der Waals surface area contributed by atoms with Crippen molar-refractivity contribution in [3.05, 3.63) is 60.1 Å². The van der Waals surface area contributed by atoms with Gasteiger partial charge in [-0.2, -0.15) is 0 Å². The van der Waals surface area contributed by atoms with E-state index in [1.807, 2.05) is 25.1 Å². The Labute approximate surface area is 147 Å². The lowest BCUT2D eigenvalue weighted by Gasteiger charge is -1.94. The SMILES string of the molecule is COc1cc(=C2C=c3cc(Cl)sc3=N2)[nH]c1=Cc1[nH]c(C)cc1C. The highest BCUT2D eigenvalue weighted by Gasteiger charge is 2.08. The van der Waals surface area contributed by atoms with Gasteiger partial charge in [0, 0.05) is 22.7 Å². The van der Waals surface area contributed by atoms with E-state index < -0.39 is 0 Å². The van der Waals surface area contributed by atoms with Crippen LogP contribution in [0.4, 0.5) is 0 Å². The fourth-order valence-electron chi connectivity index (χ4n) is 2.89. The molecule has 3 aromatic heterocycles.